The van der Waals surface area contributed by atoms with Gasteiger partial charge in [0.1, 0.15) is 0 Å². The van der Waals surface area contributed by atoms with E-state index in [1.54, 1.807) is 25.6 Å². The van der Waals surface area contributed by atoms with Crippen molar-refractivity contribution in [2.24, 2.45) is 5.73 Å². The van der Waals surface area contributed by atoms with Gasteiger partial charge in [0.05, 0.1) is 31.4 Å². The highest BCUT2D eigenvalue weighted by molar-refractivity contribution is 7.98. The van der Waals surface area contributed by atoms with Crippen LogP contribution in [0.5, 0.6) is 0 Å². The second kappa shape index (κ2) is 8.04. The lowest BCUT2D eigenvalue weighted by molar-refractivity contribution is -0.138. The third-order valence-electron chi connectivity index (χ3n) is 3.03. The van der Waals surface area contributed by atoms with E-state index in [1.807, 2.05) is 6.26 Å². The minimum absolute atomic E-state index is 0.155. The molecular weight excluding hydrogens is 280 g/mol. The molecule has 1 unspecified atom stereocenters. The van der Waals surface area contributed by atoms with E-state index in [4.69, 9.17) is 15.2 Å². The Hall–Kier alpha value is -1.37. The number of thioether (sulfide) groups is 1. The Morgan fingerprint density at radius 3 is 2.55 bits per heavy atom. The molecule has 0 aromatic carbocycles. The van der Waals surface area contributed by atoms with Crippen LogP contribution in [-0.2, 0) is 14.3 Å². The number of rotatable bonds is 6. The van der Waals surface area contributed by atoms with Crippen LogP contribution in [0, 0.1) is 0 Å². The van der Waals surface area contributed by atoms with Crippen LogP contribution in [0.2, 0.25) is 0 Å². The largest absolute Gasteiger partial charge is 0.463 e. The van der Waals surface area contributed by atoms with Crippen molar-refractivity contribution >= 4 is 23.8 Å². The van der Waals surface area contributed by atoms with Gasteiger partial charge >= 0.3 is 12.1 Å². The quantitative estimate of drug-likeness (QED) is 0.746. The molecule has 0 saturated carbocycles. The molecule has 114 valence electrons. The van der Waals surface area contributed by atoms with Crippen molar-refractivity contribution in [3.63, 3.8) is 0 Å². The molecule has 0 radical (unpaired) electrons. The van der Waals surface area contributed by atoms with E-state index in [2.05, 4.69) is 0 Å². The SMILES string of the molecule is CCOC(=O)C1=C(N)C(CCSC)N(C(=O)OCC)C1. The predicted molar refractivity (Wildman–Crippen MR) is 78.4 cm³/mol. The van der Waals surface area contributed by atoms with E-state index in [9.17, 15) is 9.59 Å². The van der Waals surface area contributed by atoms with Crippen molar-refractivity contribution in [1.82, 2.24) is 4.90 Å². The maximum Gasteiger partial charge on any atom is 0.410 e. The Balaban J connectivity index is 2.89. The predicted octanol–water partition coefficient (Wildman–Crippen LogP) is 1.36. The zero-order chi connectivity index (χ0) is 15.1. The summed E-state index contributed by atoms with van der Waals surface area (Å²) in [6.07, 6.45) is 2.23. The highest BCUT2D eigenvalue weighted by Crippen LogP contribution is 2.26. The zero-order valence-corrected chi connectivity index (χ0v) is 13.0. The van der Waals surface area contributed by atoms with E-state index < -0.39 is 12.1 Å². The highest BCUT2D eigenvalue weighted by atomic mass is 32.2. The lowest BCUT2D eigenvalue weighted by Gasteiger charge is -2.24. The van der Waals surface area contributed by atoms with Gasteiger partial charge in [-0.25, -0.2) is 9.59 Å². The van der Waals surface area contributed by atoms with Crippen LogP contribution in [0.15, 0.2) is 11.3 Å². The standard InChI is InChI=1S/C13H22N2O4S/c1-4-18-12(16)9-8-15(13(17)19-5-2)10(11(9)14)6-7-20-3/h10H,4-8,14H2,1-3H3. The molecular formula is C13H22N2O4S. The monoisotopic (exact) mass is 302 g/mol. The number of hydrogen-bond acceptors (Lipinski definition) is 6. The molecule has 1 aliphatic rings. The number of carbonyl (C=O) groups is 2. The van der Waals surface area contributed by atoms with Gasteiger partial charge in [0, 0.05) is 5.70 Å². The van der Waals surface area contributed by atoms with Gasteiger partial charge in [-0.15, -0.1) is 0 Å². The van der Waals surface area contributed by atoms with E-state index in [0.717, 1.165) is 5.75 Å². The number of amides is 1. The lowest BCUT2D eigenvalue weighted by Crippen LogP contribution is -2.39. The summed E-state index contributed by atoms with van der Waals surface area (Å²) in [4.78, 5) is 25.3. The molecule has 0 bridgehead atoms. The fourth-order valence-electron chi connectivity index (χ4n) is 2.08. The Labute approximate surface area is 123 Å². The number of esters is 1. The zero-order valence-electron chi connectivity index (χ0n) is 12.2. The molecule has 1 heterocycles. The van der Waals surface area contributed by atoms with Crippen LogP contribution in [0.1, 0.15) is 20.3 Å². The topological polar surface area (TPSA) is 81.9 Å². The van der Waals surface area contributed by atoms with Crippen molar-refractivity contribution in [1.29, 1.82) is 0 Å². The molecule has 1 aliphatic heterocycles. The molecule has 2 N–H and O–H groups in total. The number of nitrogens with zero attached hydrogens (tertiary/aromatic N) is 1. The van der Waals surface area contributed by atoms with Crippen LogP contribution in [-0.4, -0.2) is 54.8 Å². The lowest BCUT2D eigenvalue weighted by atomic mass is 10.1. The average molecular weight is 302 g/mol. The van der Waals surface area contributed by atoms with Crippen molar-refractivity contribution in [3.05, 3.63) is 11.3 Å². The van der Waals surface area contributed by atoms with E-state index in [-0.39, 0.29) is 19.2 Å². The first-order chi connectivity index (χ1) is 9.56. The second-order valence-electron chi connectivity index (χ2n) is 4.28. The molecule has 7 heteroatoms. The van der Waals surface area contributed by atoms with E-state index in [1.165, 1.54) is 4.90 Å². The van der Waals surface area contributed by atoms with Gasteiger partial charge in [0.25, 0.3) is 0 Å². The molecule has 0 fully saturated rings. The molecule has 0 aliphatic carbocycles. The summed E-state index contributed by atoms with van der Waals surface area (Å²) < 4.78 is 9.99. The van der Waals surface area contributed by atoms with Gasteiger partial charge in [-0.3, -0.25) is 4.90 Å². The van der Waals surface area contributed by atoms with Gasteiger partial charge < -0.3 is 15.2 Å². The van der Waals surface area contributed by atoms with Gasteiger partial charge in [-0.1, -0.05) is 0 Å². The van der Waals surface area contributed by atoms with Gasteiger partial charge in [0.15, 0.2) is 0 Å². The molecule has 0 saturated heterocycles. The summed E-state index contributed by atoms with van der Waals surface area (Å²) in [5, 5.41) is 0. The number of carbonyl (C=O) groups excluding carboxylic acids is 2. The van der Waals surface area contributed by atoms with Gasteiger partial charge in [0.2, 0.25) is 0 Å². The normalized spacial score (nSPS) is 18.4. The van der Waals surface area contributed by atoms with Crippen molar-refractivity contribution in [2.45, 2.75) is 26.3 Å². The first-order valence-electron chi connectivity index (χ1n) is 6.64. The molecule has 20 heavy (non-hydrogen) atoms. The smallest absolute Gasteiger partial charge is 0.410 e. The first-order valence-corrected chi connectivity index (χ1v) is 8.04. The molecule has 0 aromatic heterocycles. The average Bonchev–Trinajstić information content (AvgIpc) is 2.74. The Morgan fingerprint density at radius 2 is 2.00 bits per heavy atom. The molecule has 0 aromatic rings. The Morgan fingerprint density at radius 1 is 1.35 bits per heavy atom. The van der Waals surface area contributed by atoms with Crippen molar-refractivity contribution in [3.8, 4) is 0 Å². The second-order valence-corrected chi connectivity index (χ2v) is 5.26. The minimum Gasteiger partial charge on any atom is -0.463 e. The maximum atomic E-state index is 12.0. The first kappa shape index (κ1) is 16.7. The summed E-state index contributed by atoms with van der Waals surface area (Å²) >= 11 is 1.66. The van der Waals surface area contributed by atoms with E-state index in [0.29, 0.717) is 24.3 Å². The molecule has 1 atom stereocenters. The fraction of sp³-hybridized carbons (Fsp3) is 0.692. The molecule has 1 amide bonds. The van der Waals surface area contributed by atoms with Crippen molar-refractivity contribution < 1.29 is 19.1 Å². The summed E-state index contributed by atoms with van der Waals surface area (Å²) in [5.74, 6) is 0.392. The Bertz CT molecular complexity index is 398. The fourth-order valence-corrected chi connectivity index (χ4v) is 2.54. The maximum absolute atomic E-state index is 12.0. The molecule has 6 nitrogen and oxygen atoms in total. The van der Waals surface area contributed by atoms with Crippen LogP contribution in [0.4, 0.5) is 4.79 Å². The minimum atomic E-state index is -0.453. The van der Waals surface area contributed by atoms with Crippen LogP contribution in [0.25, 0.3) is 0 Å². The van der Waals surface area contributed by atoms with Crippen LogP contribution >= 0.6 is 11.8 Å². The Kier molecular flexibility index (Phi) is 6.70. The third kappa shape index (κ3) is 3.82. The molecule has 0 spiro atoms. The van der Waals surface area contributed by atoms with Crippen LogP contribution < -0.4 is 5.73 Å². The molecule has 1 rings (SSSR count). The number of nitrogens with two attached hydrogens (primary N) is 1. The van der Waals surface area contributed by atoms with Gasteiger partial charge in [-0.05, 0) is 32.3 Å². The van der Waals surface area contributed by atoms with Crippen LogP contribution in [0.3, 0.4) is 0 Å². The number of hydrogen-bond donors (Lipinski definition) is 1. The summed E-state index contributed by atoms with van der Waals surface area (Å²) in [7, 11) is 0. The highest BCUT2D eigenvalue weighted by Gasteiger charge is 2.38. The van der Waals surface area contributed by atoms with E-state index >= 15 is 0 Å². The number of ether oxygens (including phenoxy) is 2. The van der Waals surface area contributed by atoms with Gasteiger partial charge in [-0.2, -0.15) is 11.8 Å². The third-order valence-corrected chi connectivity index (χ3v) is 3.68. The summed E-state index contributed by atoms with van der Waals surface area (Å²) in [6, 6.07) is -0.291. The summed E-state index contributed by atoms with van der Waals surface area (Å²) in [6.45, 7) is 4.21. The van der Waals surface area contributed by atoms with Crippen molar-refractivity contribution in [2.75, 3.05) is 31.8 Å². The summed E-state index contributed by atoms with van der Waals surface area (Å²) in [5.41, 5.74) is 6.83.